The average Bonchev–Trinajstić information content (AvgIpc) is 2.78. The van der Waals surface area contributed by atoms with Gasteiger partial charge in [-0.15, -0.1) is 0 Å². The van der Waals surface area contributed by atoms with Gasteiger partial charge in [-0.1, -0.05) is 11.6 Å². The molecule has 0 unspecified atom stereocenters. The molecule has 0 spiro atoms. The van der Waals surface area contributed by atoms with Crippen LogP contribution < -0.4 is 4.72 Å². The first-order valence-electron chi connectivity index (χ1n) is 5.37. The van der Waals surface area contributed by atoms with E-state index in [0.717, 1.165) is 6.07 Å². The second-order valence-corrected chi connectivity index (χ2v) is 6.00. The number of H-pyrrole nitrogens is 1. The van der Waals surface area contributed by atoms with E-state index >= 15 is 0 Å². The number of sulfonamides is 1. The number of anilines is 1. The summed E-state index contributed by atoms with van der Waals surface area (Å²) in [6, 6.07) is 3.82. The molecular weight excluding hydrogens is 306 g/mol. The van der Waals surface area contributed by atoms with Crippen molar-refractivity contribution >= 4 is 33.3 Å². The maximum absolute atomic E-state index is 12.0. The van der Waals surface area contributed by atoms with E-state index in [1.54, 1.807) is 6.92 Å². The van der Waals surface area contributed by atoms with Gasteiger partial charge in [0.15, 0.2) is 5.03 Å². The van der Waals surface area contributed by atoms with Crippen molar-refractivity contribution in [3.63, 3.8) is 0 Å². The number of hydrogen-bond acceptors (Lipinski definition) is 4. The fourth-order valence-electron chi connectivity index (χ4n) is 1.50. The molecule has 0 amide bonds. The molecule has 0 radical (unpaired) electrons. The van der Waals surface area contributed by atoms with Crippen LogP contribution in [0.2, 0.25) is 5.02 Å². The number of carboxylic acid groups (broad SMARTS) is 1. The third-order valence-electron chi connectivity index (χ3n) is 2.42. The van der Waals surface area contributed by atoms with Crippen molar-refractivity contribution < 1.29 is 18.3 Å². The lowest BCUT2D eigenvalue weighted by Crippen LogP contribution is -2.14. The van der Waals surface area contributed by atoms with Gasteiger partial charge in [0, 0.05) is 5.69 Å². The Hall–Kier alpha value is -2.06. The summed E-state index contributed by atoms with van der Waals surface area (Å²) >= 11 is 5.71. The van der Waals surface area contributed by atoms with E-state index in [0.29, 0.717) is 5.82 Å². The summed E-state index contributed by atoms with van der Waals surface area (Å²) in [5.41, 5.74) is -0.0910. The summed E-state index contributed by atoms with van der Waals surface area (Å²) in [7, 11) is -3.85. The minimum atomic E-state index is -3.85. The van der Waals surface area contributed by atoms with Crippen LogP contribution in [0.25, 0.3) is 0 Å². The Labute approximate surface area is 119 Å². The molecule has 2 rings (SSSR count). The summed E-state index contributed by atoms with van der Waals surface area (Å²) in [6.45, 7) is 1.61. The molecule has 1 aromatic carbocycles. The van der Waals surface area contributed by atoms with Gasteiger partial charge in [-0.2, -0.15) is 8.42 Å². The number of nitrogens with zero attached hydrogens (tertiary/aromatic N) is 1. The zero-order chi connectivity index (χ0) is 14.9. The molecule has 0 aliphatic carbocycles. The standard InChI is InChI=1S/C11H10ClN3O4S/c1-6-13-5-10(14-6)20(18,19)15-7-2-3-9(12)8(4-7)11(16)17/h2-5,15H,1H3,(H,13,14)(H,16,17). The molecule has 20 heavy (non-hydrogen) atoms. The Balaban J connectivity index is 2.35. The van der Waals surface area contributed by atoms with Gasteiger partial charge in [-0.25, -0.2) is 9.78 Å². The van der Waals surface area contributed by atoms with Crippen LogP contribution in [0.15, 0.2) is 29.4 Å². The molecule has 0 aliphatic heterocycles. The van der Waals surface area contributed by atoms with Crippen molar-refractivity contribution in [1.29, 1.82) is 0 Å². The van der Waals surface area contributed by atoms with Gasteiger partial charge < -0.3 is 10.1 Å². The van der Waals surface area contributed by atoms with Crippen LogP contribution >= 0.6 is 11.6 Å². The number of aromatic amines is 1. The predicted molar refractivity (Wildman–Crippen MR) is 72.5 cm³/mol. The van der Waals surface area contributed by atoms with Crippen molar-refractivity contribution in [2.75, 3.05) is 4.72 Å². The maximum Gasteiger partial charge on any atom is 0.337 e. The molecular formula is C11H10ClN3O4S. The molecule has 7 nitrogen and oxygen atoms in total. The zero-order valence-electron chi connectivity index (χ0n) is 10.2. The Morgan fingerprint density at radius 1 is 1.45 bits per heavy atom. The van der Waals surface area contributed by atoms with Gasteiger partial charge >= 0.3 is 5.97 Å². The first kappa shape index (κ1) is 14.4. The van der Waals surface area contributed by atoms with E-state index in [4.69, 9.17) is 16.7 Å². The monoisotopic (exact) mass is 315 g/mol. The van der Waals surface area contributed by atoms with Crippen LogP contribution in [0.1, 0.15) is 16.2 Å². The number of carbonyl (C=O) groups is 1. The maximum atomic E-state index is 12.0. The normalized spacial score (nSPS) is 11.3. The number of benzene rings is 1. The molecule has 106 valence electrons. The van der Waals surface area contributed by atoms with E-state index in [9.17, 15) is 13.2 Å². The van der Waals surface area contributed by atoms with Gasteiger partial charge in [0.1, 0.15) is 5.82 Å². The van der Waals surface area contributed by atoms with Gasteiger partial charge in [0.05, 0.1) is 16.8 Å². The molecule has 0 fully saturated rings. The molecule has 0 saturated carbocycles. The Morgan fingerprint density at radius 3 is 2.70 bits per heavy atom. The fourth-order valence-corrected chi connectivity index (χ4v) is 2.72. The number of aryl methyl sites for hydroxylation is 1. The Bertz CT molecular complexity index is 770. The van der Waals surface area contributed by atoms with Crippen molar-refractivity contribution in [2.45, 2.75) is 11.9 Å². The van der Waals surface area contributed by atoms with Crippen LogP contribution in [-0.4, -0.2) is 29.5 Å². The summed E-state index contributed by atoms with van der Waals surface area (Å²) in [4.78, 5) is 17.3. The lowest BCUT2D eigenvalue weighted by atomic mass is 10.2. The third-order valence-corrected chi connectivity index (χ3v) is 4.04. The number of hydrogen-bond donors (Lipinski definition) is 3. The fraction of sp³-hybridized carbons (Fsp3) is 0.0909. The summed E-state index contributed by atoms with van der Waals surface area (Å²) in [6.07, 6.45) is 1.17. The predicted octanol–water partition coefficient (Wildman–Crippen LogP) is 1.87. The van der Waals surface area contributed by atoms with E-state index < -0.39 is 16.0 Å². The quantitative estimate of drug-likeness (QED) is 0.797. The van der Waals surface area contributed by atoms with Crippen molar-refractivity contribution in [2.24, 2.45) is 0 Å². The highest BCUT2D eigenvalue weighted by molar-refractivity contribution is 7.92. The van der Waals surface area contributed by atoms with Gasteiger partial charge in [-0.05, 0) is 25.1 Å². The summed E-state index contributed by atoms with van der Waals surface area (Å²) in [5, 5.41) is 8.85. The van der Waals surface area contributed by atoms with Gasteiger partial charge in [0.2, 0.25) is 0 Å². The number of imidazole rings is 1. The van der Waals surface area contributed by atoms with E-state index in [1.165, 1.54) is 18.3 Å². The van der Waals surface area contributed by atoms with Crippen LogP contribution in [0.3, 0.4) is 0 Å². The SMILES string of the molecule is Cc1ncc(S(=O)(=O)Nc2ccc(Cl)c(C(=O)O)c2)[nH]1. The minimum absolute atomic E-state index is 0.0258. The van der Waals surface area contributed by atoms with Gasteiger partial charge in [0.25, 0.3) is 10.0 Å². The van der Waals surface area contributed by atoms with Crippen LogP contribution in [0.5, 0.6) is 0 Å². The van der Waals surface area contributed by atoms with Crippen molar-refractivity contribution in [3.8, 4) is 0 Å². The van der Waals surface area contributed by atoms with Crippen molar-refractivity contribution in [3.05, 3.63) is 40.8 Å². The molecule has 0 bridgehead atoms. The van der Waals surface area contributed by atoms with E-state index in [2.05, 4.69) is 14.7 Å². The number of rotatable bonds is 4. The molecule has 0 saturated heterocycles. The highest BCUT2D eigenvalue weighted by atomic mass is 35.5. The van der Waals surface area contributed by atoms with E-state index in [1.807, 2.05) is 0 Å². The highest BCUT2D eigenvalue weighted by Crippen LogP contribution is 2.22. The molecule has 0 atom stereocenters. The molecule has 1 heterocycles. The minimum Gasteiger partial charge on any atom is -0.478 e. The topological polar surface area (TPSA) is 112 Å². The number of halogens is 1. The zero-order valence-corrected chi connectivity index (χ0v) is 11.8. The molecule has 3 N–H and O–H groups in total. The van der Waals surface area contributed by atoms with Crippen LogP contribution in [0, 0.1) is 6.92 Å². The van der Waals surface area contributed by atoms with E-state index in [-0.39, 0.29) is 21.3 Å². The number of nitrogens with one attached hydrogen (secondary N) is 2. The largest absolute Gasteiger partial charge is 0.478 e. The smallest absolute Gasteiger partial charge is 0.337 e. The first-order chi connectivity index (χ1) is 9.29. The molecule has 0 aliphatic rings. The Morgan fingerprint density at radius 2 is 2.15 bits per heavy atom. The second-order valence-electron chi connectivity index (χ2n) is 3.94. The van der Waals surface area contributed by atoms with Gasteiger partial charge in [-0.3, -0.25) is 4.72 Å². The van der Waals surface area contributed by atoms with Crippen LogP contribution in [-0.2, 0) is 10.0 Å². The molecule has 2 aromatic rings. The van der Waals surface area contributed by atoms with Crippen molar-refractivity contribution in [1.82, 2.24) is 9.97 Å². The highest BCUT2D eigenvalue weighted by Gasteiger charge is 2.18. The Kier molecular flexibility index (Phi) is 3.69. The molecule has 9 heteroatoms. The number of aromatic carboxylic acids is 1. The third kappa shape index (κ3) is 2.91. The van der Waals surface area contributed by atoms with Crippen LogP contribution in [0.4, 0.5) is 5.69 Å². The average molecular weight is 316 g/mol. The summed E-state index contributed by atoms with van der Waals surface area (Å²) in [5.74, 6) is -0.791. The first-order valence-corrected chi connectivity index (χ1v) is 7.23. The second kappa shape index (κ2) is 5.14. The lowest BCUT2D eigenvalue weighted by molar-refractivity contribution is 0.0697. The lowest BCUT2D eigenvalue weighted by Gasteiger charge is -2.07. The number of carboxylic acids is 1. The molecule has 1 aromatic heterocycles. The summed E-state index contributed by atoms with van der Waals surface area (Å²) < 4.78 is 26.3. The number of aromatic nitrogens is 2.